The van der Waals surface area contributed by atoms with E-state index in [2.05, 4.69) is 5.32 Å². The fourth-order valence-electron chi connectivity index (χ4n) is 3.06. The van der Waals surface area contributed by atoms with Crippen molar-refractivity contribution in [3.05, 3.63) is 21.8 Å². The van der Waals surface area contributed by atoms with E-state index in [1.807, 2.05) is 13.8 Å². The SMILES string of the molecule is CCOC(=O)C1=CCC(C(CC(C)C)NC(C)=O)C([N+](=O)[O-])C1. The van der Waals surface area contributed by atoms with Crippen LogP contribution in [0.3, 0.4) is 0 Å². The third kappa shape index (κ3) is 5.65. The molecule has 0 aromatic rings. The van der Waals surface area contributed by atoms with Crippen LogP contribution in [0.2, 0.25) is 0 Å². The van der Waals surface area contributed by atoms with E-state index in [0.717, 1.165) is 0 Å². The van der Waals surface area contributed by atoms with E-state index in [1.54, 1.807) is 13.0 Å². The van der Waals surface area contributed by atoms with Gasteiger partial charge in [0.05, 0.1) is 12.5 Å². The van der Waals surface area contributed by atoms with Crippen LogP contribution >= 0.6 is 0 Å². The molecule has 1 aliphatic rings. The molecule has 0 fully saturated rings. The standard InChI is InChI=1S/C16H26N2O5/c1-5-23-16(20)12-6-7-13(15(9-12)18(21)22)14(8-10(2)3)17-11(4)19/h6,10,13-15H,5,7-9H2,1-4H3,(H,17,19). The minimum Gasteiger partial charge on any atom is -0.463 e. The molecule has 23 heavy (non-hydrogen) atoms. The Morgan fingerprint density at radius 2 is 2.13 bits per heavy atom. The highest BCUT2D eigenvalue weighted by Crippen LogP contribution is 2.31. The highest BCUT2D eigenvalue weighted by molar-refractivity contribution is 5.88. The maximum absolute atomic E-state index is 11.8. The van der Waals surface area contributed by atoms with Crippen LogP contribution in [0, 0.1) is 22.0 Å². The molecule has 1 aliphatic carbocycles. The van der Waals surface area contributed by atoms with Crippen molar-refractivity contribution < 1.29 is 19.2 Å². The molecule has 0 saturated heterocycles. The van der Waals surface area contributed by atoms with Gasteiger partial charge in [-0.2, -0.15) is 0 Å². The number of esters is 1. The summed E-state index contributed by atoms with van der Waals surface area (Å²) in [4.78, 5) is 34.4. The largest absolute Gasteiger partial charge is 0.463 e. The van der Waals surface area contributed by atoms with E-state index in [4.69, 9.17) is 4.74 Å². The molecule has 0 aromatic carbocycles. The van der Waals surface area contributed by atoms with Crippen LogP contribution in [0.5, 0.6) is 0 Å². The number of rotatable bonds is 7. The van der Waals surface area contributed by atoms with Crippen molar-refractivity contribution in [1.82, 2.24) is 5.32 Å². The number of hydrogen-bond acceptors (Lipinski definition) is 5. The van der Waals surface area contributed by atoms with E-state index in [0.29, 0.717) is 24.3 Å². The molecule has 0 spiro atoms. The summed E-state index contributed by atoms with van der Waals surface area (Å²) in [6, 6.07) is -1.17. The highest BCUT2D eigenvalue weighted by Gasteiger charge is 2.41. The molecule has 3 atom stereocenters. The predicted octanol–water partition coefficient (Wildman–Crippen LogP) is 2.08. The van der Waals surface area contributed by atoms with E-state index >= 15 is 0 Å². The third-order valence-electron chi connectivity index (χ3n) is 4.00. The summed E-state index contributed by atoms with van der Waals surface area (Å²) in [6.45, 7) is 7.38. The number of nitro groups is 1. The van der Waals surface area contributed by atoms with Crippen LogP contribution in [0.1, 0.15) is 47.0 Å². The van der Waals surface area contributed by atoms with Crippen LogP contribution in [0.25, 0.3) is 0 Å². The van der Waals surface area contributed by atoms with Crippen molar-refractivity contribution in [2.45, 2.75) is 59.0 Å². The minimum absolute atomic E-state index is 0.0463. The van der Waals surface area contributed by atoms with Gasteiger partial charge >= 0.3 is 5.97 Å². The lowest BCUT2D eigenvalue weighted by Gasteiger charge is -2.32. The van der Waals surface area contributed by atoms with Gasteiger partial charge in [-0.15, -0.1) is 0 Å². The van der Waals surface area contributed by atoms with Gasteiger partial charge in [-0.3, -0.25) is 14.9 Å². The smallest absolute Gasteiger partial charge is 0.333 e. The van der Waals surface area contributed by atoms with Gasteiger partial charge in [0, 0.05) is 29.9 Å². The zero-order valence-corrected chi connectivity index (χ0v) is 14.2. The summed E-state index contributed by atoms with van der Waals surface area (Å²) < 4.78 is 4.93. The van der Waals surface area contributed by atoms with Gasteiger partial charge in [-0.1, -0.05) is 19.9 Å². The van der Waals surface area contributed by atoms with E-state index in [1.165, 1.54) is 6.92 Å². The lowest BCUT2D eigenvalue weighted by atomic mass is 9.78. The van der Waals surface area contributed by atoms with Crippen LogP contribution in [0.15, 0.2) is 11.6 Å². The second kappa shape index (κ2) is 8.64. The highest BCUT2D eigenvalue weighted by atomic mass is 16.6. The molecule has 0 radical (unpaired) electrons. The monoisotopic (exact) mass is 326 g/mol. The van der Waals surface area contributed by atoms with Crippen LogP contribution < -0.4 is 5.32 Å². The number of nitrogens with one attached hydrogen (secondary N) is 1. The Kier molecular flexibility index (Phi) is 7.19. The molecule has 0 saturated carbocycles. The van der Waals surface area contributed by atoms with Crippen molar-refractivity contribution in [2.24, 2.45) is 11.8 Å². The second-order valence-electron chi connectivity index (χ2n) is 6.34. The normalized spacial score (nSPS) is 22.2. The van der Waals surface area contributed by atoms with Crippen molar-refractivity contribution in [3.63, 3.8) is 0 Å². The molecule has 3 unspecified atom stereocenters. The van der Waals surface area contributed by atoms with Crippen molar-refractivity contribution >= 4 is 11.9 Å². The van der Waals surface area contributed by atoms with Crippen LogP contribution in [-0.2, 0) is 14.3 Å². The Hall–Kier alpha value is -1.92. The Morgan fingerprint density at radius 3 is 2.61 bits per heavy atom. The number of allylic oxidation sites excluding steroid dienone is 1. The fraction of sp³-hybridized carbons (Fsp3) is 0.750. The summed E-state index contributed by atoms with van der Waals surface area (Å²) in [5, 5.41) is 14.3. The van der Waals surface area contributed by atoms with Crippen LogP contribution in [-0.4, -0.2) is 35.5 Å². The Morgan fingerprint density at radius 1 is 1.48 bits per heavy atom. The van der Waals surface area contributed by atoms with Crippen molar-refractivity contribution in [3.8, 4) is 0 Å². The lowest BCUT2D eigenvalue weighted by molar-refractivity contribution is -0.533. The van der Waals surface area contributed by atoms with Gasteiger partial charge in [0.15, 0.2) is 0 Å². The molecule has 0 aliphatic heterocycles. The van der Waals surface area contributed by atoms with Crippen LogP contribution in [0.4, 0.5) is 0 Å². The fourth-order valence-corrected chi connectivity index (χ4v) is 3.06. The van der Waals surface area contributed by atoms with Gasteiger partial charge in [-0.05, 0) is 25.7 Å². The molecule has 7 nitrogen and oxygen atoms in total. The molecule has 130 valence electrons. The number of carbonyl (C=O) groups is 2. The van der Waals surface area contributed by atoms with Gasteiger partial charge in [-0.25, -0.2) is 4.79 Å². The molecular weight excluding hydrogens is 300 g/mol. The minimum atomic E-state index is -0.894. The Labute approximate surface area is 136 Å². The van der Waals surface area contributed by atoms with E-state index < -0.39 is 12.0 Å². The number of hydrogen-bond donors (Lipinski definition) is 1. The zero-order valence-electron chi connectivity index (χ0n) is 14.2. The topological polar surface area (TPSA) is 98.5 Å². The first kappa shape index (κ1) is 19.1. The number of carbonyl (C=O) groups excluding carboxylic acids is 2. The molecule has 1 N–H and O–H groups in total. The summed E-state index contributed by atoms with van der Waals surface area (Å²) in [6.07, 6.45) is 2.82. The first-order valence-corrected chi connectivity index (χ1v) is 8.03. The average Bonchev–Trinajstić information content (AvgIpc) is 2.45. The number of amides is 1. The molecule has 7 heteroatoms. The van der Waals surface area contributed by atoms with Gasteiger partial charge < -0.3 is 10.1 Å². The predicted molar refractivity (Wildman–Crippen MR) is 85.3 cm³/mol. The molecule has 0 bridgehead atoms. The zero-order chi connectivity index (χ0) is 17.6. The molecule has 1 amide bonds. The van der Waals surface area contributed by atoms with E-state index in [9.17, 15) is 19.7 Å². The molecule has 1 rings (SSSR count). The number of nitrogens with zero attached hydrogens (tertiary/aromatic N) is 1. The summed E-state index contributed by atoms with van der Waals surface area (Å²) in [5.74, 6) is -0.709. The average molecular weight is 326 g/mol. The van der Waals surface area contributed by atoms with Gasteiger partial charge in [0.25, 0.3) is 0 Å². The van der Waals surface area contributed by atoms with E-state index in [-0.39, 0.29) is 35.8 Å². The maximum Gasteiger partial charge on any atom is 0.333 e. The first-order valence-electron chi connectivity index (χ1n) is 8.03. The summed E-state index contributed by atoms with van der Waals surface area (Å²) in [5.41, 5.74) is 0.357. The molecular formula is C16H26N2O5. The second-order valence-corrected chi connectivity index (χ2v) is 6.34. The van der Waals surface area contributed by atoms with Gasteiger partial charge in [0.1, 0.15) is 0 Å². The summed E-state index contributed by atoms with van der Waals surface area (Å²) >= 11 is 0. The van der Waals surface area contributed by atoms with Crippen molar-refractivity contribution in [1.29, 1.82) is 0 Å². The third-order valence-corrected chi connectivity index (χ3v) is 4.00. The Bertz CT molecular complexity index is 487. The number of ether oxygens (including phenoxy) is 1. The summed E-state index contributed by atoms with van der Waals surface area (Å²) in [7, 11) is 0. The lowest BCUT2D eigenvalue weighted by Crippen LogP contribution is -2.48. The molecule has 0 heterocycles. The van der Waals surface area contributed by atoms with Crippen molar-refractivity contribution in [2.75, 3.05) is 6.61 Å². The first-order chi connectivity index (χ1) is 10.8. The quantitative estimate of drug-likeness (QED) is 0.439. The maximum atomic E-state index is 11.8. The molecule has 0 aromatic heterocycles. The van der Waals surface area contributed by atoms with Gasteiger partial charge in [0.2, 0.25) is 11.9 Å². The Balaban J connectivity index is 2.99.